The van der Waals surface area contributed by atoms with Gasteiger partial charge in [-0.3, -0.25) is 9.78 Å². The molecule has 1 N–H and O–H groups in total. The fourth-order valence-electron chi connectivity index (χ4n) is 1.34. The Morgan fingerprint density at radius 2 is 2.06 bits per heavy atom. The van der Waals surface area contributed by atoms with E-state index in [1.54, 1.807) is 18.3 Å². The molecule has 1 amide bonds. The molecule has 0 atom stereocenters. The van der Waals surface area contributed by atoms with Gasteiger partial charge >= 0.3 is 0 Å². The molecule has 0 spiro atoms. The van der Waals surface area contributed by atoms with Crippen molar-refractivity contribution in [1.82, 2.24) is 4.98 Å². The Hall–Kier alpha value is -1.27. The number of nitrogens with one attached hydrogen (secondary N) is 1. The van der Waals surface area contributed by atoms with Crippen LogP contribution in [0.3, 0.4) is 0 Å². The minimum absolute atomic E-state index is 0.0121. The second-order valence-electron chi connectivity index (χ2n) is 3.43. The minimum atomic E-state index is -0.577. The van der Waals surface area contributed by atoms with E-state index in [2.05, 4.69) is 42.2 Å². The third kappa shape index (κ3) is 2.94. The van der Waals surface area contributed by atoms with E-state index >= 15 is 0 Å². The van der Waals surface area contributed by atoms with Crippen LogP contribution in [0.1, 0.15) is 10.4 Å². The van der Waals surface area contributed by atoms with Gasteiger partial charge in [0.2, 0.25) is 0 Å². The maximum absolute atomic E-state index is 13.6. The predicted molar refractivity (Wildman–Crippen MR) is 74.0 cm³/mol. The van der Waals surface area contributed by atoms with Gasteiger partial charge in [-0.25, -0.2) is 4.39 Å². The first-order valence-electron chi connectivity index (χ1n) is 4.94. The first-order valence-corrected chi connectivity index (χ1v) is 6.52. The Morgan fingerprint density at radius 1 is 1.28 bits per heavy atom. The molecule has 0 aliphatic rings. The summed E-state index contributed by atoms with van der Waals surface area (Å²) in [5.41, 5.74) is 0.527. The van der Waals surface area contributed by atoms with Gasteiger partial charge in [-0.2, -0.15) is 0 Å². The Kier molecular flexibility index (Phi) is 4.08. The van der Waals surface area contributed by atoms with Crippen molar-refractivity contribution in [3.63, 3.8) is 0 Å². The number of carbonyl (C=O) groups is 1. The normalized spacial score (nSPS) is 10.2. The van der Waals surface area contributed by atoms with Crippen LogP contribution in [0, 0.1) is 5.82 Å². The number of aromatic nitrogens is 1. The van der Waals surface area contributed by atoms with Crippen LogP contribution in [0.4, 0.5) is 10.1 Å². The zero-order valence-corrected chi connectivity index (χ0v) is 12.1. The van der Waals surface area contributed by atoms with Crippen LogP contribution in [0.25, 0.3) is 0 Å². The lowest BCUT2D eigenvalue weighted by Gasteiger charge is -2.07. The van der Waals surface area contributed by atoms with E-state index in [1.165, 1.54) is 18.3 Å². The highest BCUT2D eigenvalue weighted by Gasteiger charge is 2.13. The van der Waals surface area contributed by atoms with Crippen LogP contribution < -0.4 is 5.32 Å². The number of anilines is 1. The minimum Gasteiger partial charge on any atom is -0.321 e. The molecule has 0 aliphatic heterocycles. The molecule has 6 heteroatoms. The smallest absolute Gasteiger partial charge is 0.258 e. The van der Waals surface area contributed by atoms with E-state index < -0.39 is 11.7 Å². The number of benzene rings is 1. The zero-order chi connectivity index (χ0) is 13.1. The van der Waals surface area contributed by atoms with E-state index in [0.717, 1.165) is 0 Å². The summed E-state index contributed by atoms with van der Waals surface area (Å²) in [5, 5.41) is 2.61. The van der Waals surface area contributed by atoms with Crippen molar-refractivity contribution in [3.8, 4) is 0 Å². The second kappa shape index (κ2) is 5.58. The molecule has 3 nitrogen and oxygen atoms in total. The Labute approximate surface area is 120 Å². The molecule has 1 aromatic carbocycles. The van der Waals surface area contributed by atoms with Gasteiger partial charge in [0.25, 0.3) is 5.91 Å². The van der Waals surface area contributed by atoms with Gasteiger partial charge in [-0.1, -0.05) is 15.9 Å². The Bertz CT molecular complexity index is 604. The first kappa shape index (κ1) is 13.2. The molecular formula is C12H7Br2FN2O. The van der Waals surface area contributed by atoms with Gasteiger partial charge in [0.15, 0.2) is 0 Å². The Morgan fingerprint density at radius 3 is 2.72 bits per heavy atom. The average molecular weight is 374 g/mol. The van der Waals surface area contributed by atoms with Gasteiger partial charge in [-0.15, -0.1) is 0 Å². The van der Waals surface area contributed by atoms with Crippen molar-refractivity contribution in [2.75, 3.05) is 5.32 Å². The topological polar surface area (TPSA) is 42.0 Å². The Balaban J connectivity index is 2.25. The lowest BCUT2D eigenvalue weighted by Crippen LogP contribution is -2.14. The van der Waals surface area contributed by atoms with E-state index in [4.69, 9.17) is 0 Å². The summed E-state index contributed by atoms with van der Waals surface area (Å²) < 4.78 is 14.8. The maximum Gasteiger partial charge on any atom is 0.258 e. The highest BCUT2D eigenvalue weighted by molar-refractivity contribution is 9.10. The molecule has 0 saturated carbocycles. The molecule has 0 saturated heterocycles. The van der Waals surface area contributed by atoms with Crippen molar-refractivity contribution < 1.29 is 9.18 Å². The van der Waals surface area contributed by atoms with Crippen LogP contribution in [0.5, 0.6) is 0 Å². The number of pyridine rings is 1. The average Bonchev–Trinajstić information content (AvgIpc) is 2.32. The number of rotatable bonds is 2. The maximum atomic E-state index is 13.6. The summed E-state index contributed by atoms with van der Waals surface area (Å²) in [4.78, 5) is 15.8. The van der Waals surface area contributed by atoms with E-state index in [-0.39, 0.29) is 5.56 Å². The summed E-state index contributed by atoms with van der Waals surface area (Å²) in [6.07, 6.45) is 3.09. The van der Waals surface area contributed by atoms with Gasteiger partial charge in [-0.05, 0) is 40.2 Å². The van der Waals surface area contributed by atoms with Crippen LogP contribution in [-0.2, 0) is 0 Å². The number of nitrogens with zero attached hydrogens (tertiary/aromatic N) is 1. The lowest BCUT2D eigenvalue weighted by molar-refractivity contribution is 0.102. The zero-order valence-electron chi connectivity index (χ0n) is 8.95. The summed E-state index contributed by atoms with van der Waals surface area (Å²) in [5.74, 6) is -1.08. The van der Waals surface area contributed by atoms with Crippen LogP contribution in [0.2, 0.25) is 0 Å². The molecule has 0 bridgehead atoms. The molecule has 2 rings (SSSR count). The van der Waals surface area contributed by atoms with Crippen molar-refractivity contribution in [1.29, 1.82) is 0 Å². The number of halogens is 3. The molecule has 92 valence electrons. The molecule has 0 aliphatic carbocycles. The van der Waals surface area contributed by atoms with Gasteiger partial charge in [0.05, 0.1) is 15.7 Å². The summed E-state index contributed by atoms with van der Waals surface area (Å²) in [6.45, 7) is 0. The molecular weight excluding hydrogens is 367 g/mol. The third-order valence-corrected chi connectivity index (χ3v) is 3.32. The van der Waals surface area contributed by atoms with Gasteiger partial charge in [0.1, 0.15) is 5.82 Å². The molecule has 18 heavy (non-hydrogen) atoms. The van der Waals surface area contributed by atoms with Crippen LogP contribution in [0.15, 0.2) is 45.6 Å². The molecule has 0 unspecified atom stereocenters. The fourth-order valence-corrected chi connectivity index (χ4v) is 2.02. The second-order valence-corrected chi connectivity index (χ2v) is 5.20. The number of hydrogen-bond acceptors (Lipinski definition) is 2. The van der Waals surface area contributed by atoms with Crippen LogP contribution in [-0.4, -0.2) is 10.9 Å². The first-order chi connectivity index (χ1) is 8.58. The monoisotopic (exact) mass is 372 g/mol. The highest BCUT2D eigenvalue weighted by Crippen LogP contribution is 2.22. The van der Waals surface area contributed by atoms with Crippen molar-refractivity contribution in [2.45, 2.75) is 0 Å². The largest absolute Gasteiger partial charge is 0.321 e. The molecule has 2 aromatic rings. The predicted octanol–water partition coefficient (Wildman–Crippen LogP) is 4.00. The number of amides is 1. The van der Waals surface area contributed by atoms with Crippen molar-refractivity contribution in [2.24, 2.45) is 0 Å². The van der Waals surface area contributed by atoms with E-state index in [0.29, 0.717) is 14.6 Å². The van der Waals surface area contributed by atoms with Crippen molar-refractivity contribution >= 4 is 43.5 Å². The molecule has 1 aromatic heterocycles. The number of carbonyl (C=O) groups excluding carboxylic acids is 1. The molecule has 1 heterocycles. The van der Waals surface area contributed by atoms with E-state index in [1.807, 2.05) is 0 Å². The van der Waals surface area contributed by atoms with Crippen molar-refractivity contribution in [3.05, 3.63) is 57.0 Å². The fraction of sp³-hybridized carbons (Fsp3) is 0. The SMILES string of the molecule is O=C(Nc1ccncc1Br)c1ccc(Br)cc1F. The highest BCUT2D eigenvalue weighted by atomic mass is 79.9. The van der Waals surface area contributed by atoms with Gasteiger partial charge in [0, 0.05) is 16.9 Å². The van der Waals surface area contributed by atoms with Gasteiger partial charge < -0.3 is 5.32 Å². The lowest BCUT2D eigenvalue weighted by atomic mass is 10.2. The summed E-state index contributed by atoms with van der Waals surface area (Å²) >= 11 is 6.39. The third-order valence-electron chi connectivity index (χ3n) is 2.20. The van der Waals surface area contributed by atoms with E-state index in [9.17, 15) is 9.18 Å². The number of hydrogen-bond donors (Lipinski definition) is 1. The van der Waals surface area contributed by atoms with Crippen LogP contribution >= 0.6 is 31.9 Å². The summed E-state index contributed by atoms with van der Waals surface area (Å²) in [7, 11) is 0. The summed E-state index contributed by atoms with van der Waals surface area (Å²) in [6, 6.07) is 5.90. The molecule has 0 radical (unpaired) electrons. The standard InChI is InChI=1S/C12H7Br2FN2O/c13-7-1-2-8(10(15)5-7)12(18)17-11-3-4-16-6-9(11)14/h1-6H,(H,16,17,18). The quantitative estimate of drug-likeness (QED) is 0.864. The molecule has 0 fully saturated rings.